The van der Waals surface area contributed by atoms with E-state index in [1.807, 2.05) is 6.92 Å². The zero-order chi connectivity index (χ0) is 21.6. The third-order valence-corrected chi connectivity index (χ3v) is 6.81. The SMILES string of the molecule is CCOC(=O)c1c(NC(=O)COC(=O)[C@@H]2C[C@H]2C)sc2c1CC(C)(C)NC2(C)C. The third kappa shape index (κ3) is 4.64. The third-order valence-electron chi connectivity index (χ3n) is 5.33. The molecule has 7 nitrogen and oxygen atoms in total. The van der Waals surface area contributed by atoms with Crippen molar-refractivity contribution in [2.24, 2.45) is 11.8 Å². The van der Waals surface area contributed by atoms with Crippen molar-refractivity contribution < 1.29 is 23.9 Å². The topological polar surface area (TPSA) is 93.7 Å². The van der Waals surface area contributed by atoms with Crippen molar-refractivity contribution in [1.29, 1.82) is 0 Å². The molecule has 2 atom stereocenters. The summed E-state index contributed by atoms with van der Waals surface area (Å²) in [7, 11) is 0. The Bertz CT molecular complexity index is 842. The molecule has 1 saturated carbocycles. The summed E-state index contributed by atoms with van der Waals surface area (Å²) in [5, 5.41) is 6.81. The van der Waals surface area contributed by atoms with Gasteiger partial charge in [0.2, 0.25) is 0 Å². The fourth-order valence-corrected chi connectivity index (χ4v) is 5.37. The summed E-state index contributed by atoms with van der Waals surface area (Å²) in [6.45, 7) is 11.9. The molecule has 0 bridgehead atoms. The molecule has 0 unspecified atom stereocenters. The number of amides is 1. The van der Waals surface area contributed by atoms with E-state index in [1.54, 1.807) is 6.92 Å². The van der Waals surface area contributed by atoms with Gasteiger partial charge in [0, 0.05) is 16.0 Å². The number of hydrogen-bond acceptors (Lipinski definition) is 7. The van der Waals surface area contributed by atoms with Gasteiger partial charge < -0.3 is 20.1 Å². The number of thiophene rings is 1. The molecular weight excluding hydrogens is 392 g/mol. The molecule has 1 aliphatic carbocycles. The average molecular weight is 423 g/mol. The molecule has 1 aromatic heterocycles. The maximum atomic E-state index is 12.7. The molecule has 1 fully saturated rings. The maximum Gasteiger partial charge on any atom is 0.341 e. The highest BCUT2D eigenvalue weighted by Crippen LogP contribution is 2.45. The van der Waals surface area contributed by atoms with Gasteiger partial charge >= 0.3 is 11.9 Å². The summed E-state index contributed by atoms with van der Waals surface area (Å²) in [5.74, 6) is -1.02. The van der Waals surface area contributed by atoms with Crippen molar-refractivity contribution in [2.75, 3.05) is 18.5 Å². The van der Waals surface area contributed by atoms with Crippen LogP contribution in [0.15, 0.2) is 0 Å². The molecule has 8 heteroatoms. The lowest BCUT2D eigenvalue weighted by molar-refractivity contribution is -0.148. The van der Waals surface area contributed by atoms with Gasteiger partial charge in [-0.05, 0) is 58.9 Å². The first-order chi connectivity index (χ1) is 13.4. The number of fused-ring (bicyclic) bond motifs is 1. The summed E-state index contributed by atoms with van der Waals surface area (Å²) >= 11 is 1.37. The van der Waals surface area contributed by atoms with E-state index in [-0.39, 0.29) is 36.2 Å². The predicted octanol–water partition coefficient (Wildman–Crippen LogP) is 3.22. The Kier molecular flexibility index (Phi) is 5.80. The molecule has 0 radical (unpaired) electrons. The lowest BCUT2D eigenvalue weighted by Crippen LogP contribution is -2.55. The highest BCUT2D eigenvalue weighted by atomic mass is 32.1. The Balaban J connectivity index is 1.84. The fraction of sp³-hybridized carbons (Fsp3) is 0.667. The van der Waals surface area contributed by atoms with Crippen LogP contribution in [0.25, 0.3) is 0 Å². The second kappa shape index (κ2) is 7.72. The zero-order valence-electron chi connectivity index (χ0n) is 17.9. The first-order valence-corrected chi connectivity index (χ1v) is 10.9. The minimum Gasteiger partial charge on any atom is -0.462 e. The van der Waals surface area contributed by atoms with Gasteiger partial charge in [0.05, 0.1) is 18.1 Å². The number of anilines is 1. The van der Waals surface area contributed by atoms with Crippen molar-refractivity contribution in [3.05, 3.63) is 16.0 Å². The molecule has 1 amide bonds. The first kappa shape index (κ1) is 21.8. The van der Waals surface area contributed by atoms with Gasteiger partial charge in [-0.3, -0.25) is 9.59 Å². The van der Waals surface area contributed by atoms with Crippen LogP contribution in [-0.4, -0.2) is 36.6 Å². The van der Waals surface area contributed by atoms with Gasteiger partial charge in [-0.25, -0.2) is 4.79 Å². The van der Waals surface area contributed by atoms with Crippen LogP contribution in [0.2, 0.25) is 0 Å². The number of carbonyl (C=O) groups is 3. The molecule has 0 saturated heterocycles. The molecule has 1 aliphatic heterocycles. The molecule has 2 aliphatic rings. The van der Waals surface area contributed by atoms with Gasteiger partial charge in [0.25, 0.3) is 5.91 Å². The van der Waals surface area contributed by atoms with Gasteiger partial charge in [0.15, 0.2) is 6.61 Å². The lowest BCUT2D eigenvalue weighted by Gasteiger charge is -2.42. The molecule has 2 N–H and O–H groups in total. The van der Waals surface area contributed by atoms with Crippen LogP contribution < -0.4 is 10.6 Å². The van der Waals surface area contributed by atoms with Gasteiger partial charge in [-0.1, -0.05) is 6.92 Å². The van der Waals surface area contributed by atoms with Crippen molar-refractivity contribution in [3.63, 3.8) is 0 Å². The molecule has 1 aromatic rings. The summed E-state index contributed by atoms with van der Waals surface area (Å²) in [6.07, 6.45) is 1.45. The van der Waals surface area contributed by atoms with E-state index in [0.717, 1.165) is 16.9 Å². The quantitative estimate of drug-likeness (QED) is 0.684. The van der Waals surface area contributed by atoms with Crippen LogP contribution in [0.3, 0.4) is 0 Å². The van der Waals surface area contributed by atoms with Crippen LogP contribution in [0.5, 0.6) is 0 Å². The molecule has 160 valence electrons. The van der Waals surface area contributed by atoms with Gasteiger partial charge in [-0.15, -0.1) is 11.3 Å². The molecule has 0 spiro atoms. The standard InChI is InChI=1S/C21H30N2O5S/c1-7-27-19(26)15-13-9-20(3,4)23-21(5,6)16(13)29-17(15)22-14(24)10-28-18(25)12-8-11(12)2/h11-12,23H,7-10H2,1-6H3,(H,22,24)/t11-,12-/m1/s1. The van der Waals surface area contributed by atoms with Crippen molar-refractivity contribution >= 4 is 34.2 Å². The highest BCUT2D eigenvalue weighted by Gasteiger charge is 2.43. The normalized spacial score (nSPS) is 23.7. The summed E-state index contributed by atoms with van der Waals surface area (Å²) in [4.78, 5) is 38.0. The Morgan fingerprint density at radius 3 is 2.45 bits per heavy atom. The highest BCUT2D eigenvalue weighted by molar-refractivity contribution is 7.17. The second-order valence-corrected chi connectivity index (χ2v) is 10.1. The van der Waals surface area contributed by atoms with Crippen molar-refractivity contribution in [1.82, 2.24) is 5.32 Å². The van der Waals surface area contributed by atoms with Gasteiger partial charge in [0.1, 0.15) is 5.00 Å². The Labute approximate surface area is 175 Å². The Morgan fingerprint density at radius 2 is 1.86 bits per heavy atom. The number of nitrogens with one attached hydrogen (secondary N) is 2. The summed E-state index contributed by atoms with van der Waals surface area (Å²) in [5.41, 5.74) is 0.739. The Hall–Kier alpha value is -1.93. The smallest absolute Gasteiger partial charge is 0.341 e. The lowest BCUT2D eigenvalue weighted by atomic mass is 9.81. The number of carbonyl (C=O) groups excluding carboxylic acids is 3. The average Bonchev–Trinajstić information content (AvgIpc) is 3.20. The van der Waals surface area contributed by atoms with Crippen LogP contribution in [0.1, 0.15) is 68.8 Å². The van der Waals surface area contributed by atoms with E-state index in [1.165, 1.54) is 11.3 Å². The van der Waals surface area contributed by atoms with Crippen LogP contribution in [0, 0.1) is 11.8 Å². The van der Waals surface area contributed by atoms with E-state index < -0.39 is 11.9 Å². The second-order valence-electron chi connectivity index (χ2n) is 9.12. The maximum absolute atomic E-state index is 12.7. The van der Waals surface area contributed by atoms with Crippen molar-refractivity contribution in [2.45, 2.75) is 65.5 Å². The predicted molar refractivity (Wildman–Crippen MR) is 111 cm³/mol. The minimum atomic E-state index is -0.458. The number of esters is 2. The molecule has 3 rings (SSSR count). The minimum absolute atomic E-state index is 0.0963. The van der Waals surface area contributed by atoms with E-state index in [2.05, 4.69) is 38.3 Å². The molecule has 2 heterocycles. The molecular formula is C21H30N2O5S. The molecule has 0 aromatic carbocycles. The van der Waals surface area contributed by atoms with E-state index >= 15 is 0 Å². The van der Waals surface area contributed by atoms with Gasteiger partial charge in [-0.2, -0.15) is 0 Å². The first-order valence-electron chi connectivity index (χ1n) is 10.0. The largest absolute Gasteiger partial charge is 0.462 e. The van der Waals surface area contributed by atoms with Crippen molar-refractivity contribution in [3.8, 4) is 0 Å². The number of ether oxygens (including phenoxy) is 2. The Morgan fingerprint density at radius 1 is 1.21 bits per heavy atom. The summed E-state index contributed by atoms with van der Waals surface area (Å²) < 4.78 is 10.4. The zero-order valence-corrected chi connectivity index (χ0v) is 18.7. The van der Waals surface area contributed by atoms with Crippen LogP contribution in [0.4, 0.5) is 5.00 Å². The van der Waals surface area contributed by atoms with Crippen LogP contribution >= 0.6 is 11.3 Å². The number of rotatable bonds is 6. The van der Waals surface area contributed by atoms with E-state index in [9.17, 15) is 14.4 Å². The van der Waals surface area contributed by atoms with E-state index in [0.29, 0.717) is 22.9 Å². The molecule has 29 heavy (non-hydrogen) atoms. The van der Waals surface area contributed by atoms with E-state index in [4.69, 9.17) is 9.47 Å². The monoisotopic (exact) mass is 422 g/mol. The number of hydrogen-bond donors (Lipinski definition) is 2. The fourth-order valence-electron chi connectivity index (χ4n) is 4.09. The summed E-state index contributed by atoms with van der Waals surface area (Å²) in [6, 6.07) is 0. The van der Waals surface area contributed by atoms with Crippen LogP contribution in [-0.2, 0) is 31.0 Å².